The average molecular weight is 1110 g/mol. The fraction of sp³-hybridized carbons (Fsp3) is 0.758. The molecule has 2 aromatic rings. The first-order chi connectivity index (χ1) is 37.4. The van der Waals surface area contributed by atoms with Gasteiger partial charge in [0.1, 0.15) is 34.9 Å². The number of aliphatic hydroxyl groups is 1. The Hall–Kier alpha value is -4.72. The van der Waals surface area contributed by atoms with Crippen molar-refractivity contribution < 1.29 is 67.4 Å². The summed E-state index contributed by atoms with van der Waals surface area (Å²) in [6.07, 6.45) is 16.1. The molecule has 0 aromatic heterocycles. The SMILES string of the molecule is CCC(C)(C)C(=O)OC1(CC)C2CC3CC(C2)CC1C3.CCC(C)(C)C(=O)OC12CC3CC(CC(O)(C3)C1)C2.CCC(C)(C)C(=O)OC1C2CC3C1OC(=O)C3C2C(=O)OC.CCC(C)(C)C(=O)Oc1ccc(O)c2ccccc12. The van der Waals surface area contributed by atoms with Gasteiger partial charge < -0.3 is 38.6 Å². The molecule has 11 fully saturated rings. The van der Waals surface area contributed by atoms with Gasteiger partial charge in [-0.1, -0.05) is 58.9 Å². The van der Waals surface area contributed by atoms with Crippen molar-refractivity contribution >= 4 is 46.6 Å². The number of esters is 6. The number of fused-ring (bicyclic) bond motifs is 2. The second kappa shape index (κ2) is 22.8. The number of benzene rings is 2. The van der Waals surface area contributed by atoms with Crippen molar-refractivity contribution in [2.45, 2.75) is 228 Å². The normalized spacial score (nSPS) is 34.7. The van der Waals surface area contributed by atoms with Gasteiger partial charge in [0, 0.05) is 29.0 Å². The highest BCUT2D eigenvalue weighted by atomic mass is 16.6. The molecule has 8 unspecified atom stereocenters. The Kier molecular flexibility index (Phi) is 17.5. The van der Waals surface area contributed by atoms with Crippen molar-refractivity contribution in [1.82, 2.24) is 0 Å². The van der Waals surface area contributed by atoms with E-state index in [1.807, 2.05) is 94.4 Å². The van der Waals surface area contributed by atoms with Crippen LogP contribution in [0, 0.1) is 80.8 Å². The Bertz CT molecular complexity index is 2600. The van der Waals surface area contributed by atoms with Gasteiger partial charge in [-0.25, -0.2) is 0 Å². The number of methoxy groups -OCH3 is 1. The first kappa shape index (κ1) is 61.4. The van der Waals surface area contributed by atoms with Crippen molar-refractivity contribution in [1.29, 1.82) is 0 Å². The molecule has 80 heavy (non-hydrogen) atoms. The highest BCUT2D eigenvalue weighted by Gasteiger charge is 2.70. The second-order valence-corrected chi connectivity index (χ2v) is 28.6. The molecule has 0 spiro atoms. The summed E-state index contributed by atoms with van der Waals surface area (Å²) in [6, 6.07) is 10.5. The Morgan fingerprint density at radius 1 is 0.613 bits per heavy atom. The maximum atomic E-state index is 12.6. The highest BCUT2D eigenvalue weighted by molar-refractivity contribution is 5.95. The third kappa shape index (κ3) is 11.8. The number of carbonyl (C=O) groups is 6. The number of phenols is 1. The van der Waals surface area contributed by atoms with E-state index in [9.17, 15) is 39.0 Å². The molecular weight excluding hydrogens is 1020 g/mol. The minimum atomic E-state index is -0.593. The summed E-state index contributed by atoms with van der Waals surface area (Å²) in [5, 5.41) is 21.9. The van der Waals surface area contributed by atoms with E-state index in [1.54, 1.807) is 18.2 Å². The van der Waals surface area contributed by atoms with Crippen LogP contribution in [0.5, 0.6) is 11.5 Å². The lowest BCUT2D eigenvalue weighted by Gasteiger charge is -2.60. The van der Waals surface area contributed by atoms with Gasteiger partial charge in [0.15, 0.2) is 0 Å². The zero-order valence-corrected chi connectivity index (χ0v) is 50.7. The van der Waals surface area contributed by atoms with Gasteiger partial charge in [0.2, 0.25) is 0 Å². The number of phenolic OH excluding ortho intramolecular Hbond substituents is 1. The van der Waals surface area contributed by atoms with Crippen LogP contribution in [0.3, 0.4) is 0 Å². The van der Waals surface area contributed by atoms with Crippen LogP contribution in [0.2, 0.25) is 0 Å². The van der Waals surface area contributed by atoms with Crippen molar-refractivity contribution in [3.05, 3.63) is 36.4 Å². The molecule has 13 rings (SSSR count). The second-order valence-electron chi connectivity index (χ2n) is 28.6. The Morgan fingerprint density at radius 3 is 1.62 bits per heavy atom. The van der Waals surface area contributed by atoms with Crippen LogP contribution in [0.15, 0.2) is 36.4 Å². The Labute approximate surface area is 476 Å². The van der Waals surface area contributed by atoms with Crippen LogP contribution in [-0.4, -0.2) is 82.1 Å². The molecule has 10 aliphatic carbocycles. The minimum Gasteiger partial charge on any atom is -0.507 e. The lowest BCUT2D eigenvalue weighted by atomic mass is 9.49. The molecular formula is C66H96O14. The highest BCUT2D eigenvalue weighted by Crippen LogP contribution is 2.62. The summed E-state index contributed by atoms with van der Waals surface area (Å²) in [7, 11) is 1.31. The predicted molar refractivity (Wildman–Crippen MR) is 303 cm³/mol. The maximum Gasteiger partial charge on any atom is 0.316 e. The van der Waals surface area contributed by atoms with Crippen molar-refractivity contribution in [3.8, 4) is 11.5 Å². The molecule has 2 N–H and O–H groups in total. The molecule has 2 aromatic carbocycles. The number of ether oxygens (including phenoxy) is 6. The van der Waals surface area contributed by atoms with Gasteiger partial charge >= 0.3 is 35.8 Å². The van der Waals surface area contributed by atoms with Gasteiger partial charge in [-0.3, -0.25) is 28.8 Å². The van der Waals surface area contributed by atoms with Crippen LogP contribution in [0.1, 0.15) is 199 Å². The van der Waals surface area contributed by atoms with E-state index in [2.05, 4.69) is 13.8 Å². The van der Waals surface area contributed by atoms with Crippen LogP contribution < -0.4 is 4.74 Å². The van der Waals surface area contributed by atoms with Crippen LogP contribution in [0.4, 0.5) is 0 Å². The molecule has 10 saturated carbocycles. The summed E-state index contributed by atoms with van der Waals surface area (Å²) < 4.78 is 33.7. The minimum absolute atomic E-state index is 0.0364. The zero-order valence-electron chi connectivity index (χ0n) is 50.7. The number of aromatic hydroxyl groups is 1. The van der Waals surface area contributed by atoms with Crippen molar-refractivity contribution in [2.24, 2.45) is 80.8 Å². The monoisotopic (exact) mass is 1110 g/mol. The Morgan fingerprint density at radius 2 is 1.11 bits per heavy atom. The average Bonchev–Trinajstić information content (AvgIpc) is 4.01. The maximum absolute atomic E-state index is 12.6. The standard InChI is InChI=1S/C18H30O2.C16H22O6.C16H26O3.C16H18O3/c1-5-17(3,4)16(19)20-18(6-2)14-8-12-7-13(10-14)11-15(18)9-12;1-5-16(2,3)15(19)22-12-7-6-8-10(9(7)13(17)20-4)14(18)21-11(8)12;1-4-14(2,3)13(17)19-16-8-11-5-12(9-16)7-15(18,6-11)10-16;1-4-16(2,3)15(18)19-14-10-9-13(17)11-7-5-6-8-12(11)14/h12-15H,5-11H2,1-4H3;7-12H,5-6H2,1-4H3;11-12,18H,4-10H2,1-3H3;5-10,17H,4H2,1-3H3. The van der Waals surface area contributed by atoms with E-state index < -0.39 is 51.9 Å². The summed E-state index contributed by atoms with van der Waals surface area (Å²) in [6.45, 7) is 25.5. The number of hydrogen-bond acceptors (Lipinski definition) is 14. The lowest BCUT2D eigenvalue weighted by molar-refractivity contribution is -0.225. The largest absolute Gasteiger partial charge is 0.507 e. The van der Waals surface area contributed by atoms with E-state index in [1.165, 1.54) is 45.6 Å². The molecule has 8 atom stereocenters. The van der Waals surface area contributed by atoms with Crippen LogP contribution >= 0.6 is 0 Å². The number of carbonyl (C=O) groups excluding carboxylic acids is 6. The third-order valence-electron chi connectivity index (χ3n) is 21.7. The molecule has 1 saturated heterocycles. The first-order valence-corrected chi connectivity index (χ1v) is 30.6. The predicted octanol–water partition coefficient (Wildman–Crippen LogP) is 12.8. The summed E-state index contributed by atoms with van der Waals surface area (Å²) in [5.74, 6) is 2.33. The number of rotatable bonds is 14. The molecule has 1 aliphatic heterocycles. The van der Waals surface area contributed by atoms with E-state index in [-0.39, 0.29) is 64.0 Å². The van der Waals surface area contributed by atoms with Gasteiger partial charge in [0.05, 0.1) is 46.2 Å². The molecule has 11 aliphatic rings. The van der Waals surface area contributed by atoms with Crippen molar-refractivity contribution in [2.75, 3.05) is 7.11 Å². The quantitative estimate of drug-likeness (QED) is 0.103. The van der Waals surface area contributed by atoms with Gasteiger partial charge in [-0.2, -0.15) is 0 Å². The van der Waals surface area contributed by atoms with E-state index in [0.717, 1.165) is 62.2 Å². The fourth-order valence-corrected chi connectivity index (χ4v) is 15.7. The third-order valence-corrected chi connectivity index (χ3v) is 21.7. The Balaban J connectivity index is 0.000000140. The zero-order chi connectivity index (χ0) is 58.7. The molecule has 14 heteroatoms. The van der Waals surface area contributed by atoms with Crippen molar-refractivity contribution in [3.63, 3.8) is 0 Å². The van der Waals surface area contributed by atoms with Crippen LogP contribution in [-0.2, 0) is 52.5 Å². The molecule has 14 nitrogen and oxygen atoms in total. The summed E-state index contributed by atoms with van der Waals surface area (Å²) in [5.41, 5.74) is -2.90. The van der Waals surface area contributed by atoms with E-state index >= 15 is 0 Å². The van der Waals surface area contributed by atoms with Gasteiger partial charge in [-0.15, -0.1) is 0 Å². The molecule has 10 bridgehead atoms. The topological polar surface area (TPSA) is 198 Å². The van der Waals surface area contributed by atoms with E-state index in [4.69, 9.17) is 28.4 Å². The molecule has 1 heterocycles. The van der Waals surface area contributed by atoms with Gasteiger partial charge in [0.25, 0.3) is 0 Å². The number of hydrogen-bond donors (Lipinski definition) is 2. The molecule has 0 amide bonds. The summed E-state index contributed by atoms with van der Waals surface area (Å²) in [4.78, 5) is 73.6. The summed E-state index contributed by atoms with van der Waals surface area (Å²) >= 11 is 0. The lowest BCUT2D eigenvalue weighted by Crippen LogP contribution is -2.61. The smallest absolute Gasteiger partial charge is 0.316 e. The molecule has 0 radical (unpaired) electrons. The van der Waals surface area contributed by atoms with Gasteiger partial charge in [-0.05, 0) is 206 Å². The fourth-order valence-electron chi connectivity index (χ4n) is 15.7. The van der Waals surface area contributed by atoms with Crippen LogP contribution in [0.25, 0.3) is 10.8 Å². The first-order valence-electron chi connectivity index (χ1n) is 30.6. The molecule has 444 valence electrons. The van der Waals surface area contributed by atoms with E-state index in [0.29, 0.717) is 60.5 Å².